The molecule has 0 saturated heterocycles. The average Bonchev–Trinajstić information content (AvgIpc) is 3.08. The second kappa shape index (κ2) is 4.76. The van der Waals surface area contributed by atoms with Crippen LogP contribution in [0.25, 0.3) is 10.9 Å². The third kappa shape index (κ3) is 2.08. The van der Waals surface area contributed by atoms with Crippen molar-refractivity contribution in [2.24, 2.45) is 0 Å². The van der Waals surface area contributed by atoms with E-state index in [-0.39, 0.29) is 5.78 Å². The number of para-hydroxylation sites is 1. The number of furan rings is 1. The summed E-state index contributed by atoms with van der Waals surface area (Å²) in [5.41, 5.74) is 2.40. The highest BCUT2D eigenvalue weighted by molar-refractivity contribution is 5.94. The average molecular weight is 253 g/mol. The lowest BCUT2D eigenvalue weighted by atomic mass is 10.1. The van der Waals surface area contributed by atoms with Gasteiger partial charge in [0.25, 0.3) is 0 Å². The third-order valence-corrected chi connectivity index (χ3v) is 3.36. The first-order chi connectivity index (χ1) is 9.29. The van der Waals surface area contributed by atoms with Gasteiger partial charge < -0.3 is 8.98 Å². The van der Waals surface area contributed by atoms with Gasteiger partial charge in [0.2, 0.25) is 5.78 Å². The molecule has 3 nitrogen and oxygen atoms in total. The van der Waals surface area contributed by atoms with Crippen LogP contribution in [0, 0.1) is 0 Å². The van der Waals surface area contributed by atoms with Crippen LogP contribution in [0.1, 0.15) is 23.0 Å². The Balaban J connectivity index is 1.99. The number of nitrogens with zero attached hydrogens (tertiary/aromatic N) is 1. The topological polar surface area (TPSA) is 35.1 Å². The Kier molecular flexibility index (Phi) is 2.95. The summed E-state index contributed by atoms with van der Waals surface area (Å²) in [5.74, 6) is 0.407. The van der Waals surface area contributed by atoms with E-state index in [0.717, 1.165) is 11.9 Å². The minimum Gasteiger partial charge on any atom is -0.461 e. The van der Waals surface area contributed by atoms with E-state index in [1.807, 2.05) is 16.8 Å². The van der Waals surface area contributed by atoms with Crippen LogP contribution >= 0.6 is 0 Å². The van der Waals surface area contributed by atoms with Crippen molar-refractivity contribution in [2.45, 2.75) is 19.9 Å². The monoisotopic (exact) mass is 253 g/mol. The normalized spacial score (nSPS) is 11.0. The Morgan fingerprint density at radius 2 is 2.11 bits per heavy atom. The summed E-state index contributed by atoms with van der Waals surface area (Å²) in [7, 11) is 0. The largest absolute Gasteiger partial charge is 0.461 e. The zero-order chi connectivity index (χ0) is 13.2. The van der Waals surface area contributed by atoms with Crippen molar-refractivity contribution < 1.29 is 9.21 Å². The summed E-state index contributed by atoms with van der Waals surface area (Å²) >= 11 is 0. The number of rotatable bonds is 4. The lowest BCUT2D eigenvalue weighted by Gasteiger charge is -2.07. The molecule has 0 N–H and O–H groups in total. The van der Waals surface area contributed by atoms with Crippen LogP contribution in [0.4, 0.5) is 0 Å². The first-order valence-electron chi connectivity index (χ1n) is 6.43. The lowest BCUT2D eigenvalue weighted by molar-refractivity contribution is 0.0946. The Morgan fingerprint density at radius 1 is 1.21 bits per heavy atom. The second-order valence-corrected chi connectivity index (χ2v) is 4.55. The minimum atomic E-state index is -0.00611. The van der Waals surface area contributed by atoms with Crippen LogP contribution in [-0.2, 0) is 13.0 Å². The van der Waals surface area contributed by atoms with Crippen LogP contribution in [0.3, 0.4) is 0 Å². The van der Waals surface area contributed by atoms with Crippen molar-refractivity contribution in [1.82, 2.24) is 4.57 Å². The molecule has 0 spiro atoms. The van der Waals surface area contributed by atoms with E-state index in [0.29, 0.717) is 12.3 Å². The fourth-order valence-corrected chi connectivity index (χ4v) is 2.43. The number of ketones is 1. The standard InChI is InChI=1S/C16H15NO2/c1-2-12-5-3-6-13-8-9-17(16(12)13)11-14(18)15-7-4-10-19-15/h3-10H,2,11H2,1H3. The number of aromatic nitrogens is 1. The first-order valence-corrected chi connectivity index (χ1v) is 6.43. The van der Waals surface area contributed by atoms with Gasteiger partial charge in [0.05, 0.1) is 18.3 Å². The molecule has 1 aromatic carbocycles. The number of carbonyl (C=O) groups excluding carboxylic acids is 1. The summed E-state index contributed by atoms with van der Waals surface area (Å²) in [6.07, 6.45) is 4.44. The summed E-state index contributed by atoms with van der Waals surface area (Å²) in [4.78, 5) is 12.1. The van der Waals surface area contributed by atoms with Gasteiger partial charge in [-0.2, -0.15) is 0 Å². The van der Waals surface area contributed by atoms with Crippen molar-refractivity contribution in [3.63, 3.8) is 0 Å². The Labute approximate surface area is 111 Å². The number of hydrogen-bond acceptors (Lipinski definition) is 2. The van der Waals surface area contributed by atoms with Gasteiger partial charge in [0, 0.05) is 6.20 Å². The van der Waals surface area contributed by atoms with E-state index in [4.69, 9.17) is 4.42 Å². The minimum absolute atomic E-state index is 0.00611. The molecule has 3 aromatic rings. The van der Waals surface area contributed by atoms with Crippen molar-refractivity contribution in [3.8, 4) is 0 Å². The van der Waals surface area contributed by atoms with Gasteiger partial charge in [-0.3, -0.25) is 4.79 Å². The molecule has 0 bridgehead atoms. The van der Waals surface area contributed by atoms with Gasteiger partial charge >= 0.3 is 0 Å². The molecule has 0 atom stereocenters. The maximum atomic E-state index is 12.1. The number of benzene rings is 1. The molecule has 96 valence electrons. The number of carbonyl (C=O) groups is 1. The summed E-state index contributed by atoms with van der Waals surface area (Å²) in [6.45, 7) is 2.44. The van der Waals surface area contributed by atoms with Crippen LogP contribution < -0.4 is 0 Å². The molecule has 3 heteroatoms. The molecule has 0 aliphatic rings. The summed E-state index contributed by atoms with van der Waals surface area (Å²) in [5, 5.41) is 1.17. The van der Waals surface area contributed by atoms with Gasteiger partial charge in [-0.05, 0) is 35.6 Å². The van der Waals surface area contributed by atoms with E-state index in [9.17, 15) is 4.79 Å². The van der Waals surface area contributed by atoms with Gasteiger partial charge in [-0.25, -0.2) is 0 Å². The molecule has 0 saturated carbocycles. The maximum Gasteiger partial charge on any atom is 0.217 e. The molecule has 3 rings (SSSR count). The molecule has 2 heterocycles. The molecule has 0 radical (unpaired) electrons. The second-order valence-electron chi connectivity index (χ2n) is 4.55. The highest BCUT2D eigenvalue weighted by Crippen LogP contribution is 2.21. The van der Waals surface area contributed by atoms with E-state index in [2.05, 4.69) is 25.1 Å². The molecule has 19 heavy (non-hydrogen) atoms. The Morgan fingerprint density at radius 3 is 2.84 bits per heavy atom. The van der Waals surface area contributed by atoms with Crippen molar-refractivity contribution in [3.05, 3.63) is 60.2 Å². The lowest BCUT2D eigenvalue weighted by Crippen LogP contribution is -2.09. The maximum absolute atomic E-state index is 12.1. The zero-order valence-electron chi connectivity index (χ0n) is 10.8. The fraction of sp³-hybridized carbons (Fsp3) is 0.188. The summed E-state index contributed by atoms with van der Waals surface area (Å²) < 4.78 is 7.15. The highest BCUT2D eigenvalue weighted by Gasteiger charge is 2.12. The van der Waals surface area contributed by atoms with Gasteiger partial charge in [-0.1, -0.05) is 25.1 Å². The van der Waals surface area contributed by atoms with E-state index in [1.165, 1.54) is 17.2 Å². The van der Waals surface area contributed by atoms with Crippen LogP contribution in [0.2, 0.25) is 0 Å². The van der Waals surface area contributed by atoms with Crippen molar-refractivity contribution >= 4 is 16.7 Å². The Hall–Kier alpha value is -2.29. The summed E-state index contributed by atoms with van der Waals surface area (Å²) in [6, 6.07) is 11.7. The molecule has 0 fully saturated rings. The fourth-order valence-electron chi connectivity index (χ4n) is 2.43. The van der Waals surface area contributed by atoms with Crippen LogP contribution in [0.5, 0.6) is 0 Å². The Bertz CT molecular complexity index is 708. The smallest absolute Gasteiger partial charge is 0.217 e. The number of hydrogen-bond donors (Lipinski definition) is 0. The first kappa shape index (κ1) is 11.8. The predicted molar refractivity (Wildman–Crippen MR) is 74.4 cm³/mol. The van der Waals surface area contributed by atoms with Crippen LogP contribution in [-0.4, -0.2) is 10.4 Å². The highest BCUT2D eigenvalue weighted by atomic mass is 16.3. The number of aryl methyl sites for hydroxylation is 1. The molecule has 0 aliphatic carbocycles. The van der Waals surface area contributed by atoms with Gasteiger partial charge in [0.1, 0.15) is 0 Å². The zero-order valence-corrected chi connectivity index (χ0v) is 10.8. The van der Waals surface area contributed by atoms with Crippen molar-refractivity contribution in [1.29, 1.82) is 0 Å². The molecular formula is C16H15NO2. The SMILES string of the molecule is CCc1cccc2ccn(CC(=O)c3ccco3)c12. The molecule has 0 aliphatic heterocycles. The quantitative estimate of drug-likeness (QED) is 0.665. The van der Waals surface area contributed by atoms with E-state index < -0.39 is 0 Å². The molecule has 0 unspecified atom stereocenters. The molecular weight excluding hydrogens is 238 g/mol. The van der Waals surface area contributed by atoms with Crippen LogP contribution in [0.15, 0.2) is 53.3 Å². The predicted octanol–water partition coefficient (Wildman–Crippen LogP) is 3.68. The molecule has 0 amide bonds. The number of fused-ring (bicyclic) bond motifs is 1. The van der Waals surface area contributed by atoms with E-state index >= 15 is 0 Å². The van der Waals surface area contributed by atoms with Gasteiger partial charge in [0.15, 0.2) is 5.76 Å². The van der Waals surface area contributed by atoms with Gasteiger partial charge in [-0.15, -0.1) is 0 Å². The molecule has 2 aromatic heterocycles. The van der Waals surface area contributed by atoms with Crippen molar-refractivity contribution in [2.75, 3.05) is 0 Å². The number of Topliss-reactive ketones (excluding diaryl/α,β-unsaturated/α-hetero) is 1. The van der Waals surface area contributed by atoms with E-state index in [1.54, 1.807) is 12.1 Å². The third-order valence-electron chi connectivity index (χ3n) is 3.36.